The van der Waals surface area contributed by atoms with E-state index in [0.717, 1.165) is 11.3 Å². The summed E-state index contributed by atoms with van der Waals surface area (Å²) in [6.07, 6.45) is 2.30. The van der Waals surface area contributed by atoms with Crippen LogP contribution in [0.2, 0.25) is 0 Å². The number of methoxy groups -OCH3 is 1. The molecule has 0 radical (unpaired) electrons. The summed E-state index contributed by atoms with van der Waals surface area (Å²) in [6, 6.07) is 3.13. The fraction of sp³-hybridized carbons (Fsp3) is 0.500. The Bertz CT molecular complexity index is 454. The molecule has 0 saturated carbocycles. The number of rotatable bonds is 7. The summed E-state index contributed by atoms with van der Waals surface area (Å²) in [7, 11) is 1.35. The molecule has 1 aromatic heterocycles. The number of esters is 1. The lowest BCUT2D eigenvalue weighted by molar-refractivity contribution is -0.143. The minimum Gasteiger partial charge on any atom is -0.468 e. The van der Waals surface area contributed by atoms with Crippen LogP contribution in [0.3, 0.4) is 0 Å². The van der Waals surface area contributed by atoms with Crippen molar-refractivity contribution in [2.45, 2.75) is 19.4 Å². The molecule has 7 nitrogen and oxygen atoms in total. The summed E-state index contributed by atoms with van der Waals surface area (Å²) in [4.78, 5) is 18.5. The minimum atomic E-state index is -0.552. The first kappa shape index (κ1) is 14.9. The number of nitrogens with zero attached hydrogens (tertiary/aromatic N) is 4. The van der Waals surface area contributed by atoms with E-state index in [9.17, 15) is 4.79 Å². The zero-order valence-electron chi connectivity index (χ0n) is 11.0. The number of aryl methyl sites for hydroxylation is 1. The number of carbonyl (C=O) groups is 1. The number of pyridine rings is 1. The fourth-order valence-corrected chi connectivity index (χ4v) is 1.55. The average molecular weight is 263 g/mol. The predicted octanol–water partition coefficient (Wildman–Crippen LogP) is 1.89. The number of aromatic nitrogens is 1. The van der Waals surface area contributed by atoms with E-state index in [1.807, 2.05) is 19.1 Å². The van der Waals surface area contributed by atoms with Gasteiger partial charge in [-0.2, -0.15) is 0 Å². The molecule has 1 rings (SSSR count). The largest absolute Gasteiger partial charge is 0.468 e. The maximum Gasteiger partial charge on any atom is 0.327 e. The van der Waals surface area contributed by atoms with Crippen molar-refractivity contribution >= 4 is 5.97 Å². The number of nitrogens with one attached hydrogen (secondary N) is 1. The summed E-state index contributed by atoms with van der Waals surface area (Å²) in [5.41, 5.74) is 9.80. The van der Waals surface area contributed by atoms with Gasteiger partial charge < -0.3 is 10.1 Å². The molecule has 102 valence electrons. The molecule has 0 fully saturated rings. The maximum absolute atomic E-state index is 11.7. The smallest absolute Gasteiger partial charge is 0.327 e. The molecule has 0 bridgehead atoms. The third-order valence-electron chi connectivity index (χ3n) is 2.55. The van der Waals surface area contributed by atoms with Crippen LogP contribution < -0.4 is 5.32 Å². The van der Waals surface area contributed by atoms with Crippen LogP contribution in [-0.4, -0.2) is 31.2 Å². The Morgan fingerprint density at radius 1 is 1.63 bits per heavy atom. The van der Waals surface area contributed by atoms with Gasteiger partial charge >= 0.3 is 5.97 Å². The lowest BCUT2D eigenvalue weighted by Crippen LogP contribution is -2.30. The van der Waals surface area contributed by atoms with Gasteiger partial charge in [0.15, 0.2) is 0 Å². The third kappa shape index (κ3) is 4.95. The van der Waals surface area contributed by atoms with E-state index in [0.29, 0.717) is 19.5 Å². The molecule has 0 aliphatic heterocycles. The lowest BCUT2D eigenvalue weighted by atomic mass is 10.1. The second-order valence-corrected chi connectivity index (χ2v) is 3.95. The van der Waals surface area contributed by atoms with Crippen LogP contribution in [0.5, 0.6) is 0 Å². The van der Waals surface area contributed by atoms with E-state index in [1.54, 1.807) is 6.20 Å². The first-order chi connectivity index (χ1) is 9.19. The van der Waals surface area contributed by atoms with Gasteiger partial charge in [-0.25, -0.2) is 4.79 Å². The molecule has 0 spiro atoms. The third-order valence-corrected chi connectivity index (χ3v) is 2.55. The molecular weight excluding hydrogens is 246 g/mol. The Kier molecular flexibility index (Phi) is 6.35. The van der Waals surface area contributed by atoms with Gasteiger partial charge in [-0.3, -0.25) is 4.98 Å². The van der Waals surface area contributed by atoms with Crippen molar-refractivity contribution in [2.75, 3.05) is 20.2 Å². The molecule has 0 amide bonds. The van der Waals surface area contributed by atoms with E-state index in [2.05, 4.69) is 20.3 Å². The Morgan fingerprint density at radius 3 is 3.00 bits per heavy atom. The fourth-order valence-electron chi connectivity index (χ4n) is 1.55. The van der Waals surface area contributed by atoms with Gasteiger partial charge in [-0.1, -0.05) is 11.2 Å². The summed E-state index contributed by atoms with van der Waals surface area (Å²) >= 11 is 0. The van der Waals surface area contributed by atoms with E-state index in [-0.39, 0.29) is 5.97 Å². The van der Waals surface area contributed by atoms with Crippen molar-refractivity contribution in [1.29, 1.82) is 0 Å². The highest BCUT2D eigenvalue weighted by atomic mass is 16.5. The molecule has 19 heavy (non-hydrogen) atoms. The zero-order chi connectivity index (χ0) is 14.1. The number of hydrogen-bond donors (Lipinski definition) is 1. The van der Waals surface area contributed by atoms with Crippen LogP contribution in [-0.2, 0) is 9.53 Å². The van der Waals surface area contributed by atoms with Gasteiger partial charge in [0.25, 0.3) is 0 Å². The van der Waals surface area contributed by atoms with Gasteiger partial charge in [0.05, 0.1) is 7.11 Å². The summed E-state index contributed by atoms with van der Waals surface area (Å²) in [5, 5.41) is 6.50. The van der Waals surface area contributed by atoms with E-state index < -0.39 is 6.04 Å². The molecule has 1 N–H and O–H groups in total. The first-order valence-corrected chi connectivity index (χ1v) is 5.93. The highest BCUT2D eigenvalue weighted by Gasteiger charge is 2.20. The number of hydrogen-bond acceptors (Lipinski definition) is 5. The van der Waals surface area contributed by atoms with Gasteiger partial charge in [0.2, 0.25) is 0 Å². The van der Waals surface area contributed by atoms with Crippen molar-refractivity contribution in [2.24, 2.45) is 5.11 Å². The van der Waals surface area contributed by atoms with Crippen LogP contribution >= 0.6 is 0 Å². The van der Waals surface area contributed by atoms with Crippen molar-refractivity contribution in [1.82, 2.24) is 10.3 Å². The van der Waals surface area contributed by atoms with E-state index in [4.69, 9.17) is 10.3 Å². The molecule has 1 unspecified atom stereocenters. The highest BCUT2D eigenvalue weighted by molar-refractivity contribution is 5.77. The summed E-state index contributed by atoms with van der Waals surface area (Å²) in [5.74, 6) is -0.366. The molecule has 0 aliphatic carbocycles. The number of carbonyl (C=O) groups excluding carboxylic acids is 1. The molecule has 0 aliphatic rings. The lowest BCUT2D eigenvalue weighted by Gasteiger charge is -2.16. The maximum atomic E-state index is 11.7. The van der Waals surface area contributed by atoms with Crippen LogP contribution in [0.15, 0.2) is 23.4 Å². The molecule has 0 aromatic carbocycles. The predicted molar refractivity (Wildman–Crippen MR) is 70.4 cm³/mol. The van der Waals surface area contributed by atoms with E-state index in [1.165, 1.54) is 7.11 Å². The van der Waals surface area contributed by atoms with Gasteiger partial charge in [-0.15, -0.1) is 0 Å². The van der Waals surface area contributed by atoms with E-state index >= 15 is 0 Å². The number of ether oxygens (including phenoxy) is 1. The van der Waals surface area contributed by atoms with Gasteiger partial charge in [0.1, 0.15) is 6.04 Å². The van der Waals surface area contributed by atoms with Crippen molar-refractivity contribution < 1.29 is 9.53 Å². The normalized spacial score (nSPS) is 11.5. The minimum absolute atomic E-state index is 0.366. The Balaban J connectivity index is 2.64. The Morgan fingerprint density at radius 2 is 2.42 bits per heavy atom. The zero-order valence-corrected chi connectivity index (χ0v) is 11.0. The number of azide groups is 1. The second kappa shape index (κ2) is 8.07. The Labute approximate surface area is 111 Å². The van der Waals surface area contributed by atoms with Crippen LogP contribution in [0.1, 0.15) is 23.7 Å². The SMILES string of the molecule is COC(=O)C(NCCCN=[N+]=[N-])c1ccc(C)nc1. The van der Waals surface area contributed by atoms with Crippen LogP contribution in [0, 0.1) is 6.92 Å². The molecular formula is C12H17N5O2. The van der Waals surface area contributed by atoms with Gasteiger partial charge in [0, 0.05) is 23.3 Å². The quantitative estimate of drug-likeness (QED) is 0.267. The topological polar surface area (TPSA) is 100.0 Å². The first-order valence-electron chi connectivity index (χ1n) is 5.93. The molecule has 0 saturated heterocycles. The van der Waals surface area contributed by atoms with Crippen molar-refractivity contribution in [3.8, 4) is 0 Å². The standard InChI is InChI=1S/C12H17N5O2/c1-9-4-5-10(8-15-9)11(12(18)19-2)14-6-3-7-16-17-13/h4-5,8,11,14H,3,6-7H2,1-2H3. The summed E-state index contributed by atoms with van der Waals surface area (Å²) < 4.78 is 4.76. The van der Waals surface area contributed by atoms with Crippen LogP contribution in [0.25, 0.3) is 10.4 Å². The van der Waals surface area contributed by atoms with Crippen molar-refractivity contribution in [3.05, 3.63) is 40.0 Å². The van der Waals surface area contributed by atoms with Gasteiger partial charge in [-0.05, 0) is 37.1 Å². The average Bonchev–Trinajstić information content (AvgIpc) is 2.43. The van der Waals surface area contributed by atoms with Crippen molar-refractivity contribution in [3.63, 3.8) is 0 Å². The molecule has 1 heterocycles. The Hall–Kier alpha value is -2.11. The monoisotopic (exact) mass is 263 g/mol. The molecule has 1 atom stereocenters. The second-order valence-electron chi connectivity index (χ2n) is 3.95. The summed E-state index contributed by atoms with van der Waals surface area (Å²) in [6.45, 7) is 2.82. The van der Waals surface area contributed by atoms with Crippen LogP contribution in [0.4, 0.5) is 0 Å². The molecule has 7 heteroatoms. The highest BCUT2D eigenvalue weighted by Crippen LogP contribution is 2.13. The molecule has 1 aromatic rings.